The zero-order valence-corrected chi connectivity index (χ0v) is 6.91. The van der Waals surface area contributed by atoms with Gasteiger partial charge in [-0.05, 0) is 23.9 Å². The molecule has 1 rings (SSSR count). The van der Waals surface area contributed by atoms with Crippen LogP contribution in [0.3, 0.4) is 0 Å². The lowest BCUT2D eigenvalue weighted by Crippen LogP contribution is -2.35. The third-order valence-electron chi connectivity index (χ3n) is 2.13. The van der Waals surface area contributed by atoms with Crippen molar-refractivity contribution in [2.24, 2.45) is 10.2 Å². The lowest BCUT2D eigenvalue weighted by atomic mass is 9.90. The molecule has 0 aliphatic heterocycles. The summed E-state index contributed by atoms with van der Waals surface area (Å²) < 4.78 is 13.2. The van der Waals surface area contributed by atoms with Crippen LogP contribution in [-0.4, -0.2) is 18.3 Å². The van der Waals surface area contributed by atoms with Crippen LogP contribution in [0.2, 0.25) is 0 Å². The second-order valence-electron chi connectivity index (χ2n) is 2.91. The van der Waals surface area contributed by atoms with Gasteiger partial charge in [0.1, 0.15) is 6.17 Å². The van der Waals surface area contributed by atoms with E-state index in [1.807, 2.05) is 0 Å². The molecule has 3 atom stereocenters. The van der Waals surface area contributed by atoms with E-state index in [-0.39, 0.29) is 0 Å². The van der Waals surface area contributed by atoms with Crippen molar-refractivity contribution in [3.8, 4) is 0 Å². The fourth-order valence-corrected chi connectivity index (χ4v) is 1.51. The van der Waals surface area contributed by atoms with Gasteiger partial charge in [0.05, 0.1) is 6.04 Å². The molecule has 1 aliphatic carbocycles. The minimum absolute atomic E-state index is 0.376. The quantitative estimate of drug-likeness (QED) is 0.358. The van der Waals surface area contributed by atoms with Crippen LogP contribution < -0.4 is 0 Å². The molecule has 0 aromatic carbocycles. The van der Waals surface area contributed by atoms with E-state index in [1.54, 1.807) is 0 Å². The van der Waals surface area contributed by atoms with Gasteiger partial charge >= 0.3 is 0 Å². The normalized spacial score (nSPS) is 32.8. The number of nitrogens with zero attached hydrogens (tertiary/aromatic N) is 6. The summed E-state index contributed by atoms with van der Waals surface area (Å²) in [5.41, 5.74) is 16.4. The fourth-order valence-electron chi connectivity index (χ4n) is 1.51. The van der Waals surface area contributed by atoms with E-state index in [0.29, 0.717) is 19.3 Å². The maximum atomic E-state index is 13.2. The molecule has 0 bridgehead atoms. The largest absolute Gasteiger partial charge is 0.247 e. The Balaban J connectivity index is 2.78. The minimum Gasteiger partial charge on any atom is -0.247 e. The van der Waals surface area contributed by atoms with Gasteiger partial charge < -0.3 is 0 Å². The second kappa shape index (κ2) is 4.54. The monoisotopic (exact) mass is 184 g/mol. The molecule has 0 aromatic rings. The summed E-state index contributed by atoms with van der Waals surface area (Å²) in [6.45, 7) is 0. The molecule has 1 fully saturated rings. The first-order chi connectivity index (χ1) is 6.29. The summed E-state index contributed by atoms with van der Waals surface area (Å²) >= 11 is 0. The highest BCUT2D eigenvalue weighted by molar-refractivity contribution is 4.92. The molecule has 0 unspecified atom stereocenters. The van der Waals surface area contributed by atoms with Gasteiger partial charge in [-0.25, -0.2) is 4.39 Å². The van der Waals surface area contributed by atoms with Crippen molar-refractivity contribution < 1.29 is 4.39 Å². The van der Waals surface area contributed by atoms with Crippen molar-refractivity contribution in [3.05, 3.63) is 20.9 Å². The third-order valence-corrected chi connectivity index (χ3v) is 2.13. The zero-order valence-electron chi connectivity index (χ0n) is 6.91. The molecular weight excluding hydrogens is 175 g/mol. The van der Waals surface area contributed by atoms with Gasteiger partial charge in [0.15, 0.2) is 0 Å². The van der Waals surface area contributed by atoms with Gasteiger partial charge in [-0.15, -0.1) is 0 Å². The van der Waals surface area contributed by atoms with Crippen LogP contribution in [0.1, 0.15) is 19.3 Å². The smallest absolute Gasteiger partial charge is 0.109 e. The van der Waals surface area contributed by atoms with Crippen molar-refractivity contribution in [3.63, 3.8) is 0 Å². The Kier molecular flexibility index (Phi) is 3.37. The van der Waals surface area contributed by atoms with E-state index >= 15 is 0 Å². The first-order valence-electron chi connectivity index (χ1n) is 4.02. The summed E-state index contributed by atoms with van der Waals surface area (Å²) in [6.07, 6.45) is 0.456. The Morgan fingerprint density at radius 2 is 1.85 bits per heavy atom. The molecule has 0 N–H and O–H groups in total. The lowest BCUT2D eigenvalue weighted by Gasteiger charge is -2.27. The first kappa shape index (κ1) is 9.64. The van der Waals surface area contributed by atoms with E-state index < -0.39 is 18.3 Å². The Bertz CT molecular complexity index is 266. The molecule has 1 saturated carbocycles. The average Bonchev–Trinajstić information content (AvgIpc) is 2.11. The number of halogens is 1. The average molecular weight is 184 g/mol. The third kappa shape index (κ3) is 2.24. The molecule has 0 radical (unpaired) electrons. The van der Waals surface area contributed by atoms with Crippen molar-refractivity contribution in [2.45, 2.75) is 37.5 Å². The summed E-state index contributed by atoms with van der Waals surface area (Å²) in [5.74, 6) is 0. The molecular formula is C6H9FN6. The van der Waals surface area contributed by atoms with E-state index in [9.17, 15) is 4.39 Å². The highest BCUT2D eigenvalue weighted by Gasteiger charge is 2.31. The van der Waals surface area contributed by atoms with E-state index in [2.05, 4.69) is 20.1 Å². The molecule has 0 heterocycles. The van der Waals surface area contributed by atoms with E-state index in [1.165, 1.54) is 0 Å². The molecule has 0 saturated heterocycles. The van der Waals surface area contributed by atoms with Crippen LogP contribution in [0.4, 0.5) is 4.39 Å². The van der Waals surface area contributed by atoms with Gasteiger partial charge in [0.25, 0.3) is 0 Å². The summed E-state index contributed by atoms with van der Waals surface area (Å²) in [6, 6.07) is -1.35. The fraction of sp³-hybridized carbons (Fsp3) is 1.00. The Labute approximate surface area is 74.0 Å². The molecule has 1 aliphatic rings. The Morgan fingerprint density at radius 1 is 1.15 bits per heavy atom. The Morgan fingerprint density at radius 3 is 2.46 bits per heavy atom. The number of rotatable bonds is 2. The van der Waals surface area contributed by atoms with Gasteiger partial charge in [-0.1, -0.05) is 16.6 Å². The number of hydrogen-bond donors (Lipinski definition) is 0. The van der Waals surface area contributed by atoms with Gasteiger partial charge in [-0.3, -0.25) is 0 Å². The second-order valence-corrected chi connectivity index (χ2v) is 2.91. The maximum absolute atomic E-state index is 13.2. The highest BCUT2D eigenvalue weighted by atomic mass is 19.1. The topological polar surface area (TPSA) is 97.5 Å². The molecule has 7 heteroatoms. The lowest BCUT2D eigenvalue weighted by molar-refractivity contribution is 0.198. The van der Waals surface area contributed by atoms with E-state index in [0.717, 1.165) is 0 Å². The van der Waals surface area contributed by atoms with Gasteiger partial charge in [0, 0.05) is 15.9 Å². The predicted molar refractivity (Wildman–Crippen MR) is 44.6 cm³/mol. The molecule has 0 aromatic heterocycles. The number of azide groups is 2. The summed E-state index contributed by atoms with van der Waals surface area (Å²) in [5, 5.41) is 6.72. The maximum Gasteiger partial charge on any atom is 0.109 e. The van der Waals surface area contributed by atoms with Crippen molar-refractivity contribution in [2.75, 3.05) is 0 Å². The van der Waals surface area contributed by atoms with Crippen LogP contribution in [0.25, 0.3) is 20.9 Å². The van der Waals surface area contributed by atoms with Crippen LogP contribution in [-0.2, 0) is 0 Å². The van der Waals surface area contributed by atoms with Crippen LogP contribution in [0.5, 0.6) is 0 Å². The standard InChI is InChI=1S/C6H9FN6/c7-4-2-1-3-5(10-12-8)6(4)11-13-9/h4-6H,1-3H2/t4-,5-,6+/m1/s1. The van der Waals surface area contributed by atoms with Crippen molar-refractivity contribution >= 4 is 0 Å². The van der Waals surface area contributed by atoms with Crippen LogP contribution in [0, 0.1) is 0 Å². The molecule has 6 nitrogen and oxygen atoms in total. The van der Waals surface area contributed by atoms with E-state index in [4.69, 9.17) is 11.1 Å². The van der Waals surface area contributed by atoms with Crippen molar-refractivity contribution in [1.82, 2.24) is 0 Å². The molecule has 0 amide bonds. The van der Waals surface area contributed by atoms with Gasteiger partial charge in [0.2, 0.25) is 0 Å². The first-order valence-corrected chi connectivity index (χ1v) is 4.02. The number of alkyl halides is 1. The van der Waals surface area contributed by atoms with Crippen molar-refractivity contribution in [1.29, 1.82) is 0 Å². The summed E-state index contributed by atoms with van der Waals surface area (Å²) in [7, 11) is 0. The molecule has 70 valence electrons. The Hall–Kier alpha value is -1.45. The number of hydrogen-bond acceptors (Lipinski definition) is 2. The van der Waals surface area contributed by atoms with Crippen LogP contribution >= 0.6 is 0 Å². The molecule has 0 spiro atoms. The predicted octanol–water partition coefficient (Wildman–Crippen LogP) is 2.87. The minimum atomic E-state index is -1.18. The highest BCUT2D eigenvalue weighted by Crippen LogP contribution is 2.26. The SMILES string of the molecule is [N-]=[N+]=N[C@H]1[C@H](F)CCC[C@H]1N=[N+]=[N-]. The summed E-state index contributed by atoms with van der Waals surface area (Å²) in [4.78, 5) is 5.15. The zero-order chi connectivity index (χ0) is 9.68. The molecule has 13 heavy (non-hydrogen) atoms. The van der Waals surface area contributed by atoms with Crippen LogP contribution in [0.15, 0.2) is 10.2 Å². The van der Waals surface area contributed by atoms with Gasteiger partial charge in [-0.2, -0.15) is 0 Å².